The molecule has 0 radical (unpaired) electrons. The Hall–Kier alpha value is -3.56. The van der Waals surface area contributed by atoms with Gasteiger partial charge >= 0.3 is 12.2 Å². The number of alkyl halides is 3. The number of anilines is 2. The number of morpholine rings is 1. The van der Waals surface area contributed by atoms with E-state index < -0.39 is 47.3 Å². The highest BCUT2D eigenvalue weighted by Gasteiger charge is 2.47. The van der Waals surface area contributed by atoms with Gasteiger partial charge in [0.1, 0.15) is 40.9 Å². The van der Waals surface area contributed by atoms with Gasteiger partial charge in [-0.25, -0.2) is 13.8 Å². The van der Waals surface area contributed by atoms with Crippen LogP contribution in [0.5, 0.6) is 11.9 Å². The third-order valence-electron chi connectivity index (χ3n) is 10.5. The molecule has 10 nitrogen and oxygen atoms in total. The predicted molar refractivity (Wildman–Crippen MR) is 163 cm³/mol. The molecular weight excluding hydrogens is 625 g/mol. The minimum Gasteiger partial charge on any atom is -0.472 e. The Bertz CT molecular complexity index is 1740. The maximum Gasteiger partial charge on any atom is 0.393 e. The molecule has 3 N–H and O–H groups in total. The Morgan fingerprint density at radius 2 is 1.94 bits per heavy atom. The number of nitrogen functional groups attached to an aromatic ring is 1. The van der Waals surface area contributed by atoms with E-state index in [2.05, 4.69) is 25.1 Å². The van der Waals surface area contributed by atoms with Crippen LogP contribution in [0.3, 0.4) is 0 Å². The molecule has 1 aromatic carbocycles. The lowest BCUT2D eigenvalue weighted by molar-refractivity contribution is -0.127. The summed E-state index contributed by atoms with van der Waals surface area (Å²) in [6.07, 6.45) is -2.90. The van der Waals surface area contributed by atoms with Crippen molar-refractivity contribution in [3.05, 3.63) is 28.8 Å². The number of pyridine rings is 1. The highest BCUT2D eigenvalue weighted by molar-refractivity contribution is 5.97. The molecule has 8 rings (SSSR count). The lowest BCUT2D eigenvalue weighted by Gasteiger charge is -2.42. The Labute approximate surface area is 267 Å². The molecular formula is C32H36F5N7O3. The number of halogens is 5. The number of hydrogen-bond acceptors (Lipinski definition) is 10. The lowest BCUT2D eigenvalue weighted by atomic mass is 9.94. The number of nitrogens with one attached hydrogen (secondary N) is 1. The van der Waals surface area contributed by atoms with Crippen LogP contribution in [0.2, 0.25) is 0 Å². The van der Waals surface area contributed by atoms with Gasteiger partial charge in [0.15, 0.2) is 5.82 Å². The molecule has 0 amide bonds. The summed E-state index contributed by atoms with van der Waals surface area (Å²) in [5.74, 6) is -1.59. The fraction of sp³-hybridized carbons (Fsp3) is 0.594. The van der Waals surface area contributed by atoms with Crippen molar-refractivity contribution >= 4 is 22.4 Å². The molecule has 3 aromatic rings. The molecule has 2 bridgehead atoms. The van der Waals surface area contributed by atoms with Crippen LogP contribution in [0.15, 0.2) is 6.07 Å². The van der Waals surface area contributed by atoms with Gasteiger partial charge in [0, 0.05) is 42.8 Å². The highest BCUT2D eigenvalue weighted by atomic mass is 19.4. The molecule has 15 heteroatoms. The second kappa shape index (κ2) is 11.3. The summed E-state index contributed by atoms with van der Waals surface area (Å²) >= 11 is 0. The van der Waals surface area contributed by atoms with Crippen molar-refractivity contribution in [1.82, 2.24) is 25.2 Å². The molecule has 252 valence electrons. The first kappa shape index (κ1) is 30.8. The monoisotopic (exact) mass is 661 g/mol. The van der Waals surface area contributed by atoms with E-state index in [1.165, 1.54) is 6.92 Å². The minimum absolute atomic E-state index is 0.0128. The van der Waals surface area contributed by atoms with Crippen molar-refractivity contribution in [3.8, 4) is 23.1 Å². The van der Waals surface area contributed by atoms with Crippen LogP contribution in [-0.2, 0) is 11.2 Å². The van der Waals surface area contributed by atoms with Gasteiger partial charge in [-0.05, 0) is 56.7 Å². The van der Waals surface area contributed by atoms with Crippen LogP contribution >= 0.6 is 0 Å². The quantitative estimate of drug-likeness (QED) is 0.304. The summed E-state index contributed by atoms with van der Waals surface area (Å²) < 4.78 is 91.3. The van der Waals surface area contributed by atoms with Gasteiger partial charge in [0.25, 0.3) is 0 Å². The molecule has 7 heterocycles. The molecule has 2 aromatic heterocycles. The van der Waals surface area contributed by atoms with Crippen LogP contribution in [-0.4, -0.2) is 95.3 Å². The number of ether oxygens (including phenoxy) is 3. The van der Waals surface area contributed by atoms with Gasteiger partial charge in [-0.15, -0.1) is 0 Å². The van der Waals surface area contributed by atoms with Crippen molar-refractivity contribution in [2.45, 2.75) is 88.4 Å². The van der Waals surface area contributed by atoms with Crippen molar-refractivity contribution in [1.29, 1.82) is 0 Å². The van der Waals surface area contributed by atoms with Crippen LogP contribution in [0.1, 0.15) is 43.7 Å². The van der Waals surface area contributed by atoms with Gasteiger partial charge < -0.3 is 30.2 Å². The molecule has 4 fully saturated rings. The number of rotatable bonds is 5. The van der Waals surface area contributed by atoms with E-state index in [0.717, 1.165) is 38.3 Å². The number of piperazine rings is 1. The molecule has 0 saturated carbocycles. The Morgan fingerprint density at radius 1 is 1.11 bits per heavy atom. The zero-order chi connectivity index (χ0) is 32.8. The highest BCUT2D eigenvalue weighted by Crippen LogP contribution is 2.45. The number of nitrogens with two attached hydrogens (primary N) is 1. The van der Waals surface area contributed by atoms with Crippen LogP contribution in [0.25, 0.3) is 22.2 Å². The minimum atomic E-state index is -4.71. The first-order chi connectivity index (χ1) is 22.5. The standard InChI is InChI=1S/C32H36F5N7O3/c1-14-20(10-32(35,36)37)19(9-21(38)24(14)33)26-25(34)27-23-29(42-31(41-27)46-13-18-5-4-17-12-45-8-7-43(17)18)44-11-16-3-6-22(39-16)28(44)15(2)47-30(23)40-26/h9,15-18,22,28,39H,3-8,10-13,38H2,1-2H3/t15-,16+,17-,18-,22-,28+/m0/s1. The number of aromatic nitrogens is 3. The van der Waals surface area contributed by atoms with E-state index in [-0.39, 0.29) is 64.7 Å². The van der Waals surface area contributed by atoms with Gasteiger partial charge in [-0.3, -0.25) is 4.90 Å². The third kappa shape index (κ3) is 5.21. The summed E-state index contributed by atoms with van der Waals surface area (Å²) in [4.78, 5) is 18.3. The summed E-state index contributed by atoms with van der Waals surface area (Å²) in [6, 6.07) is 1.47. The topological polar surface area (TPSA) is 111 Å². The van der Waals surface area contributed by atoms with Crippen LogP contribution in [0, 0.1) is 18.6 Å². The van der Waals surface area contributed by atoms with Crippen molar-refractivity contribution in [2.75, 3.05) is 43.5 Å². The molecule has 0 aliphatic carbocycles. The maximum absolute atomic E-state index is 16.9. The fourth-order valence-corrected chi connectivity index (χ4v) is 8.33. The smallest absolute Gasteiger partial charge is 0.393 e. The maximum atomic E-state index is 16.9. The molecule has 4 saturated heterocycles. The third-order valence-corrected chi connectivity index (χ3v) is 10.5. The van der Waals surface area contributed by atoms with Crippen molar-refractivity contribution < 1.29 is 36.2 Å². The SMILES string of the molecule is Cc1c(F)c(N)cc(-c2nc3c4c(nc(OC[C@@H]5CC[C@H]6COCCN65)nc4c2F)N2C[C@H]4CC[C@H](N4)[C@H]2[C@H](C)O3)c1CC(F)(F)F. The fourth-order valence-electron chi connectivity index (χ4n) is 8.33. The van der Waals surface area contributed by atoms with Crippen molar-refractivity contribution in [3.63, 3.8) is 0 Å². The number of fused-ring (bicyclic) bond motifs is 6. The van der Waals surface area contributed by atoms with E-state index in [9.17, 15) is 17.6 Å². The average molecular weight is 662 g/mol. The number of benzene rings is 1. The van der Waals surface area contributed by atoms with Crippen LogP contribution < -0.4 is 25.4 Å². The molecule has 0 spiro atoms. The number of nitrogens with zero attached hydrogens (tertiary/aromatic N) is 5. The summed E-state index contributed by atoms with van der Waals surface area (Å²) in [6.45, 7) is 6.05. The van der Waals surface area contributed by atoms with Gasteiger partial charge in [0.05, 0.1) is 31.4 Å². The predicted octanol–water partition coefficient (Wildman–Crippen LogP) is 4.30. The second-order valence-electron chi connectivity index (χ2n) is 13.4. The van der Waals surface area contributed by atoms with Crippen LogP contribution in [0.4, 0.5) is 33.5 Å². The molecule has 47 heavy (non-hydrogen) atoms. The van der Waals surface area contributed by atoms with E-state index in [4.69, 9.17) is 24.9 Å². The van der Waals surface area contributed by atoms with Gasteiger partial charge in [-0.2, -0.15) is 23.1 Å². The Balaban J connectivity index is 1.29. The molecule has 5 aliphatic rings. The van der Waals surface area contributed by atoms with Gasteiger partial charge in [0.2, 0.25) is 5.88 Å². The van der Waals surface area contributed by atoms with E-state index in [1.807, 2.05) is 6.92 Å². The van der Waals surface area contributed by atoms with E-state index in [1.54, 1.807) is 0 Å². The Morgan fingerprint density at radius 3 is 2.74 bits per heavy atom. The zero-order valence-electron chi connectivity index (χ0n) is 26.0. The Kier molecular flexibility index (Phi) is 7.37. The van der Waals surface area contributed by atoms with Gasteiger partial charge in [-0.1, -0.05) is 0 Å². The summed E-state index contributed by atoms with van der Waals surface area (Å²) in [5, 5.41) is 3.86. The molecule has 5 aliphatic heterocycles. The van der Waals surface area contributed by atoms with E-state index in [0.29, 0.717) is 31.6 Å². The van der Waals surface area contributed by atoms with E-state index >= 15 is 4.39 Å². The summed E-state index contributed by atoms with van der Waals surface area (Å²) in [7, 11) is 0. The average Bonchev–Trinajstić information content (AvgIpc) is 3.60. The largest absolute Gasteiger partial charge is 0.472 e. The molecule has 6 atom stereocenters. The van der Waals surface area contributed by atoms with Crippen molar-refractivity contribution in [2.24, 2.45) is 0 Å². The lowest BCUT2D eigenvalue weighted by Crippen LogP contribution is -2.62. The number of hydrogen-bond donors (Lipinski definition) is 2. The molecule has 0 unspecified atom stereocenters. The summed E-state index contributed by atoms with van der Waals surface area (Å²) in [5.41, 5.74) is 3.73. The second-order valence-corrected chi connectivity index (χ2v) is 13.4. The normalized spacial score (nSPS) is 28.6. The first-order valence-corrected chi connectivity index (χ1v) is 16.2. The first-order valence-electron chi connectivity index (χ1n) is 16.2. The zero-order valence-corrected chi connectivity index (χ0v) is 26.0.